The fourth-order valence-corrected chi connectivity index (χ4v) is 2.50. The van der Waals surface area contributed by atoms with Crippen LogP contribution in [-0.4, -0.2) is 49.7 Å². The smallest absolute Gasteiger partial charge is 0.251 e. The van der Waals surface area contributed by atoms with Gasteiger partial charge in [0.2, 0.25) is 0 Å². The summed E-state index contributed by atoms with van der Waals surface area (Å²) < 4.78 is 5.15. The zero-order valence-corrected chi connectivity index (χ0v) is 10.9. The second kappa shape index (κ2) is 5.83. The quantitative estimate of drug-likeness (QED) is 0.780. The van der Waals surface area contributed by atoms with Gasteiger partial charge in [-0.1, -0.05) is 0 Å². The third-order valence-corrected chi connectivity index (χ3v) is 3.83. The van der Waals surface area contributed by atoms with Gasteiger partial charge in [0.25, 0.3) is 5.91 Å². The second-order valence-electron chi connectivity index (χ2n) is 5.31. The minimum absolute atomic E-state index is 0.167. The SMILES string of the molecule is COC(C)C(=O)N(CC1CCCNC1)C1CC1. The lowest BCUT2D eigenvalue weighted by atomic mass is 9.99. The first-order valence-corrected chi connectivity index (χ1v) is 6.76. The van der Waals surface area contributed by atoms with Crippen molar-refractivity contribution in [2.75, 3.05) is 26.7 Å². The van der Waals surface area contributed by atoms with Crippen LogP contribution in [0.25, 0.3) is 0 Å². The number of rotatable bonds is 5. The summed E-state index contributed by atoms with van der Waals surface area (Å²) in [5.74, 6) is 0.790. The van der Waals surface area contributed by atoms with Crippen molar-refractivity contribution in [3.05, 3.63) is 0 Å². The van der Waals surface area contributed by atoms with Gasteiger partial charge in [0, 0.05) is 19.7 Å². The maximum atomic E-state index is 12.2. The van der Waals surface area contributed by atoms with Crippen molar-refractivity contribution >= 4 is 5.91 Å². The molecule has 2 aliphatic rings. The molecular formula is C13H24N2O2. The van der Waals surface area contributed by atoms with E-state index in [0.717, 1.165) is 19.6 Å². The topological polar surface area (TPSA) is 41.6 Å². The fraction of sp³-hybridized carbons (Fsp3) is 0.923. The van der Waals surface area contributed by atoms with E-state index < -0.39 is 0 Å². The van der Waals surface area contributed by atoms with Crippen LogP contribution in [0.5, 0.6) is 0 Å². The number of carbonyl (C=O) groups excluding carboxylic acids is 1. The molecule has 1 aliphatic heterocycles. The molecular weight excluding hydrogens is 216 g/mol. The number of ether oxygens (including phenoxy) is 1. The molecule has 0 aromatic rings. The van der Waals surface area contributed by atoms with Crippen molar-refractivity contribution in [3.63, 3.8) is 0 Å². The van der Waals surface area contributed by atoms with Gasteiger partial charge in [-0.2, -0.15) is 0 Å². The van der Waals surface area contributed by atoms with E-state index in [2.05, 4.69) is 10.2 Å². The Labute approximate surface area is 104 Å². The number of carbonyl (C=O) groups is 1. The largest absolute Gasteiger partial charge is 0.372 e. The molecule has 1 saturated heterocycles. The van der Waals surface area contributed by atoms with Gasteiger partial charge >= 0.3 is 0 Å². The second-order valence-corrected chi connectivity index (χ2v) is 5.31. The number of hydrogen-bond donors (Lipinski definition) is 1. The zero-order chi connectivity index (χ0) is 12.3. The highest BCUT2D eigenvalue weighted by Crippen LogP contribution is 2.29. The molecule has 1 N–H and O–H groups in total. The number of piperidine rings is 1. The van der Waals surface area contributed by atoms with E-state index in [1.807, 2.05) is 6.92 Å². The van der Waals surface area contributed by atoms with Crippen LogP contribution >= 0.6 is 0 Å². The molecule has 0 aromatic carbocycles. The molecule has 1 amide bonds. The monoisotopic (exact) mass is 240 g/mol. The Morgan fingerprint density at radius 3 is 2.76 bits per heavy atom. The Hall–Kier alpha value is -0.610. The molecule has 2 atom stereocenters. The van der Waals surface area contributed by atoms with E-state index >= 15 is 0 Å². The van der Waals surface area contributed by atoms with Crippen molar-refractivity contribution in [1.82, 2.24) is 10.2 Å². The van der Waals surface area contributed by atoms with Crippen LogP contribution in [0.2, 0.25) is 0 Å². The molecule has 2 rings (SSSR count). The number of nitrogens with one attached hydrogen (secondary N) is 1. The van der Waals surface area contributed by atoms with Crippen molar-refractivity contribution in [3.8, 4) is 0 Å². The van der Waals surface area contributed by atoms with Gasteiger partial charge in [0.15, 0.2) is 0 Å². The predicted molar refractivity (Wildman–Crippen MR) is 66.8 cm³/mol. The van der Waals surface area contributed by atoms with Crippen LogP contribution in [-0.2, 0) is 9.53 Å². The van der Waals surface area contributed by atoms with Crippen LogP contribution in [0.15, 0.2) is 0 Å². The van der Waals surface area contributed by atoms with Gasteiger partial charge in [-0.15, -0.1) is 0 Å². The maximum Gasteiger partial charge on any atom is 0.251 e. The first-order chi connectivity index (χ1) is 8.22. The van der Waals surface area contributed by atoms with Gasteiger partial charge < -0.3 is 15.0 Å². The van der Waals surface area contributed by atoms with E-state index in [-0.39, 0.29) is 12.0 Å². The Bertz CT molecular complexity index is 260. The average Bonchev–Trinajstić information content (AvgIpc) is 3.19. The van der Waals surface area contributed by atoms with Crippen LogP contribution in [0.4, 0.5) is 0 Å². The van der Waals surface area contributed by atoms with Gasteiger partial charge in [0.1, 0.15) is 6.10 Å². The summed E-state index contributed by atoms with van der Waals surface area (Å²) in [6, 6.07) is 0.488. The van der Waals surface area contributed by atoms with Crippen molar-refractivity contribution in [2.45, 2.75) is 44.8 Å². The van der Waals surface area contributed by atoms with Crippen molar-refractivity contribution < 1.29 is 9.53 Å². The molecule has 2 fully saturated rings. The lowest BCUT2D eigenvalue weighted by Gasteiger charge is -2.31. The molecule has 4 heteroatoms. The minimum atomic E-state index is -0.299. The highest BCUT2D eigenvalue weighted by Gasteiger charge is 2.35. The zero-order valence-electron chi connectivity index (χ0n) is 10.9. The highest BCUT2D eigenvalue weighted by molar-refractivity contribution is 5.81. The predicted octanol–water partition coefficient (Wildman–Crippen LogP) is 1.01. The average molecular weight is 240 g/mol. The number of methoxy groups -OCH3 is 1. The van der Waals surface area contributed by atoms with Crippen molar-refractivity contribution in [2.24, 2.45) is 5.92 Å². The Balaban J connectivity index is 1.89. The molecule has 1 heterocycles. The van der Waals surface area contributed by atoms with Crippen molar-refractivity contribution in [1.29, 1.82) is 0 Å². The molecule has 0 spiro atoms. The number of nitrogens with zero attached hydrogens (tertiary/aromatic N) is 1. The molecule has 4 nitrogen and oxygen atoms in total. The van der Waals surface area contributed by atoms with E-state index in [0.29, 0.717) is 12.0 Å². The number of amides is 1. The summed E-state index contributed by atoms with van der Waals surface area (Å²) in [5.41, 5.74) is 0. The number of hydrogen-bond acceptors (Lipinski definition) is 3. The molecule has 17 heavy (non-hydrogen) atoms. The molecule has 1 aliphatic carbocycles. The summed E-state index contributed by atoms with van der Waals surface area (Å²) in [7, 11) is 1.61. The Morgan fingerprint density at radius 1 is 1.47 bits per heavy atom. The van der Waals surface area contributed by atoms with Gasteiger partial charge in [-0.25, -0.2) is 0 Å². The van der Waals surface area contributed by atoms with E-state index in [1.165, 1.54) is 25.7 Å². The lowest BCUT2D eigenvalue weighted by Crippen LogP contribution is -2.45. The first kappa shape index (κ1) is 12.8. The van der Waals surface area contributed by atoms with Crippen LogP contribution in [0.3, 0.4) is 0 Å². The summed E-state index contributed by atoms with van der Waals surface area (Å²) in [5, 5.41) is 3.41. The van der Waals surface area contributed by atoms with E-state index in [9.17, 15) is 4.79 Å². The van der Waals surface area contributed by atoms with E-state index in [1.54, 1.807) is 7.11 Å². The third-order valence-electron chi connectivity index (χ3n) is 3.83. The lowest BCUT2D eigenvalue weighted by molar-refractivity contribution is -0.142. The van der Waals surface area contributed by atoms with Gasteiger partial charge in [0.05, 0.1) is 0 Å². The molecule has 2 unspecified atom stereocenters. The molecule has 0 aromatic heterocycles. The maximum absolute atomic E-state index is 12.2. The molecule has 1 saturated carbocycles. The molecule has 0 radical (unpaired) electrons. The van der Waals surface area contributed by atoms with Crippen LogP contribution in [0, 0.1) is 5.92 Å². The van der Waals surface area contributed by atoms with Crippen LogP contribution < -0.4 is 5.32 Å². The summed E-state index contributed by atoms with van der Waals surface area (Å²) in [6.45, 7) is 4.93. The van der Waals surface area contributed by atoms with E-state index in [4.69, 9.17) is 4.74 Å². The molecule has 0 bridgehead atoms. The standard InChI is InChI=1S/C13H24N2O2/c1-10(17-2)13(16)15(12-5-6-12)9-11-4-3-7-14-8-11/h10-12,14H,3-9H2,1-2H3. The molecule has 98 valence electrons. The van der Waals surface area contributed by atoms with Gasteiger partial charge in [-0.3, -0.25) is 4.79 Å². The van der Waals surface area contributed by atoms with Gasteiger partial charge in [-0.05, 0) is 51.6 Å². The third kappa shape index (κ3) is 3.42. The Kier molecular flexibility index (Phi) is 4.40. The Morgan fingerprint density at radius 2 is 2.24 bits per heavy atom. The minimum Gasteiger partial charge on any atom is -0.372 e. The first-order valence-electron chi connectivity index (χ1n) is 6.76. The summed E-state index contributed by atoms with van der Waals surface area (Å²) >= 11 is 0. The normalized spacial score (nSPS) is 26.6. The van der Waals surface area contributed by atoms with Crippen LogP contribution in [0.1, 0.15) is 32.6 Å². The highest BCUT2D eigenvalue weighted by atomic mass is 16.5. The fourth-order valence-electron chi connectivity index (χ4n) is 2.50. The summed E-state index contributed by atoms with van der Waals surface area (Å²) in [4.78, 5) is 14.3. The summed E-state index contributed by atoms with van der Waals surface area (Å²) in [6.07, 6.45) is 4.51.